The van der Waals surface area contributed by atoms with Gasteiger partial charge in [-0.3, -0.25) is 4.79 Å². The van der Waals surface area contributed by atoms with Crippen LogP contribution in [0.4, 0.5) is 10.5 Å². The van der Waals surface area contributed by atoms with E-state index in [2.05, 4.69) is 10.6 Å². The van der Waals surface area contributed by atoms with Crippen molar-refractivity contribution in [1.29, 1.82) is 0 Å². The largest absolute Gasteiger partial charge is 0.381 e. The molecule has 1 aliphatic rings. The van der Waals surface area contributed by atoms with Crippen molar-refractivity contribution in [3.8, 4) is 0 Å². The molecule has 0 radical (unpaired) electrons. The zero-order valence-corrected chi connectivity index (χ0v) is 15.5. The van der Waals surface area contributed by atoms with Gasteiger partial charge in [0, 0.05) is 39.5 Å². The Morgan fingerprint density at radius 3 is 2.64 bits per heavy atom. The van der Waals surface area contributed by atoms with Gasteiger partial charge in [0.2, 0.25) is 5.91 Å². The molecule has 1 aliphatic heterocycles. The number of nitrogens with zero attached hydrogens (tertiary/aromatic N) is 1. The number of nitrogens with one attached hydrogen (secondary N) is 2. The van der Waals surface area contributed by atoms with Gasteiger partial charge in [0.25, 0.3) is 0 Å². The van der Waals surface area contributed by atoms with Crippen LogP contribution in [0.3, 0.4) is 0 Å². The number of benzene rings is 1. The van der Waals surface area contributed by atoms with E-state index in [0.717, 1.165) is 18.4 Å². The summed E-state index contributed by atoms with van der Waals surface area (Å²) in [5.41, 5.74) is 7.65. The van der Waals surface area contributed by atoms with Gasteiger partial charge in [-0.05, 0) is 36.5 Å². The number of urea groups is 1. The summed E-state index contributed by atoms with van der Waals surface area (Å²) in [5, 5.41) is 5.65. The summed E-state index contributed by atoms with van der Waals surface area (Å²) in [6.07, 6.45) is 1.64. The molecule has 0 bridgehead atoms. The third-order valence-electron chi connectivity index (χ3n) is 4.13. The van der Waals surface area contributed by atoms with Gasteiger partial charge in [0.1, 0.15) is 0 Å². The van der Waals surface area contributed by atoms with Gasteiger partial charge in [-0.15, -0.1) is 12.4 Å². The van der Waals surface area contributed by atoms with E-state index >= 15 is 0 Å². The molecule has 0 saturated carbocycles. The molecule has 140 valence electrons. The van der Waals surface area contributed by atoms with E-state index in [0.29, 0.717) is 25.4 Å². The summed E-state index contributed by atoms with van der Waals surface area (Å²) in [5.74, 6) is 0.0223. The number of anilines is 1. The van der Waals surface area contributed by atoms with Crippen LogP contribution in [0.25, 0.3) is 0 Å². The van der Waals surface area contributed by atoms with Crippen molar-refractivity contribution in [3.63, 3.8) is 0 Å². The topological polar surface area (TPSA) is 96.7 Å². The highest BCUT2D eigenvalue weighted by molar-refractivity contribution is 5.89. The molecule has 1 saturated heterocycles. The monoisotopic (exact) mass is 370 g/mol. The average molecular weight is 371 g/mol. The number of hydrogen-bond acceptors (Lipinski definition) is 4. The first kappa shape index (κ1) is 21.2. The summed E-state index contributed by atoms with van der Waals surface area (Å²) in [7, 11) is 3.36. The van der Waals surface area contributed by atoms with Crippen LogP contribution in [0, 0.1) is 5.92 Å². The highest BCUT2D eigenvalue weighted by Gasteiger charge is 2.26. The highest BCUT2D eigenvalue weighted by Crippen LogP contribution is 2.18. The molecule has 25 heavy (non-hydrogen) atoms. The molecule has 8 heteroatoms. The molecule has 1 aromatic carbocycles. The molecule has 1 unspecified atom stereocenters. The lowest BCUT2D eigenvalue weighted by Gasteiger charge is -2.26. The van der Waals surface area contributed by atoms with E-state index < -0.39 is 6.04 Å². The molecule has 1 atom stereocenters. The quantitative estimate of drug-likeness (QED) is 0.733. The summed E-state index contributed by atoms with van der Waals surface area (Å²) >= 11 is 0. The van der Waals surface area contributed by atoms with Crippen molar-refractivity contribution in [2.75, 3.05) is 32.6 Å². The normalized spacial score (nSPS) is 15.6. The van der Waals surface area contributed by atoms with Crippen molar-refractivity contribution in [2.45, 2.75) is 25.4 Å². The molecule has 1 aromatic rings. The van der Waals surface area contributed by atoms with Crippen molar-refractivity contribution in [3.05, 3.63) is 29.8 Å². The number of nitrogens with two attached hydrogens (primary N) is 1. The van der Waals surface area contributed by atoms with Crippen molar-refractivity contribution >= 4 is 30.0 Å². The number of rotatable bonds is 5. The number of carbonyl (C=O) groups excluding carboxylic acids is 2. The fourth-order valence-corrected chi connectivity index (χ4v) is 2.59. The molecule has 2 rings (SSSR count). The molecule has 1 fully saturated rings. The second-order valence-corrected chi connectivity index (χ2v) is 6.22. The predicted molar refractivity (Wildman–Crippen MR) is 99.8 cm³/mol. The summed E-state index contributed by atoms with van der Waals surface area (Å²) < 4.78 is 5.30. The number of hydrogen-bond donors (Lipinski definition) is 3. The van der Waals surface area contributed by atoms with Crippen molar-refractivity contribution < 1.29 is 14.3 Å². The van der Waals surface area contributed by atoms with E-state index in [1.807, 2.05) is 18.2 Å². The van der Waals surface area contributed by atoms with Crippen LogP contribution in [0.5, 0.6) is 0 Å². The van der Waals surface area contributed by atoms with Gasteiger partial charge in [-0.2, -0.15) is 0 Å². The van der Waals surface area contributed by atoms with Crippen LogP contribution in [-0.2, 0) is 16.1 Å². The number of amides is 3. The molecule has 4 N–H and O–H groups in total. The van der Waals surface area contributed by atoms with Gasteiger partial charge in [-0.25, -0.2) is 4.79 Å². The lowest BCUT2D eigenvalue weighted by molar-refractivity contribution is -0.124. The summed E-state index contributed by atoms with van der Waals surface area (Å²) in [6, 6.07) is 6.67. The second kappa shape index (κ2) is 10.2. The van der Waals surface area contributed by atoms with Gasteiger partial charge >= 0.3 is 6.03 Å². The Balaban J connectivity index is 0.00000312. The minimum atomic E-state index is -0.509. The van der Waals surface area contributed by atoms with E-state index in [9.17, 15) is 9.59 Å². The molecule has 1 heterocycles. The number of ether oxygens (including phenoxy) is 1. The summed E-state index contributed by atoms with van der Waals surface area (Å²) in [6.45, 7) is 1.71. The minimum Gasteiger partial charge on any atom is -0.381 e. The third-order valence-corrected chi connectivity index (χ3v) is 4.13. The van der Waals surface area contributed by atoms with Crippen molar-refractivity contribution in [2.24, 2.45) is 11.7 Å². The standard InChI is InChI=1S/C17H26N4O3.ClH/c1-21(2)17(23)20-14-5-3-4-12(10-14)11-19-16(22)15(18)13-6-8-24-9-7-13;/h3-5,10,13,15H,6-9,11,18H2,1-2H3,(H,19,22)(H,20,23);1H. The predicted octanol–water partition coefficient (Wildman–Crippen LogP) is 1.57. The second-order valence-electron chi connectivity index (χ2n) is 6.22. The SMILES string of the molecule is CN(C)C(=O)Nc1cccc(CNC(=O)C(N)C2CCOCC2)c1.Cl. The first-order valence-corrected chi connectivity index (χ1v) is 8.15. The molecule has 0 spiro atoms. The van der Waals surface area contributed by atoms with Crippen LogP contribution in [0.15, 0.2) is 24.3 Å². The Morgan fingerprint density at radius 2 is 2.00 bits per heavy atom. The first-order valence-electron chi connectivity index (χ1n) is 8.15. The Kier molecular flexibility index (Phi) is 8.68. The maximum absolute atomic E-state index is 12.2. The van der Waals surface area contributed by atoms with E-state index in [4.69, 9.17) is 10.5 Å². The lowest BCUT2D eigenvalue weighted by atomic mass is 9.92. The lowest BCUT2D eigenvalue weighted by Crippen LogP contribution is -2.46. The minimum absolute atomic E-state index is 0. The van der Waals surface area contributed by atoms with Gasteiger partial charge in [-0.1, -0.05) is 12.1 Å². The summed E-state index contributed by atoms with van der Waals surface area (Å²) in [4.78, 5) is 25.3. The van der Waals surface area contributed by atoms with E-state index in [1.54, 1.807) is 20.2 Å². The number of halogens is 1. The number of carbonyl (C=O) groups is 2. The zero-order chi connectivity index (χ0) is 17.5. The van der Waals surface area contributed by atoms with Crippen LogP contribution in [-0.4, -0.2) is 50.2 Å². The Morgan fingerprint density at radius 1 is 1.32 bits per heavy atom. The Labute approximate surface area is 154 Å². The molecule has 3 amide bonds. The average Bonchev–Trinajstić information content (AvgIpc) is 2.60. The third kappa shape index (κ3) is 6.53. The maximum atomic E-state index is 12.2. The van der Waals surface area contributed by atoms with E-state index in [1.165, 1.54) is 4.90 Å². The molecule has 0 aliphatic carbocycles. The smallest absolute Gasteiger partial charge is 0.321 e. The van der Waals surface area contributed by atoms with Gasteiger partial charge in [0.05, 0.1) is 6.04 Å². The van der Waals surface area contributed by atoms with Crippen molar-refractivity contribution in [1.82, 2.24) is 10.2 Å². The maximum Gasteiger partial charge on any atom is 0.321 e. The highest BCUT2D eigenvalue weighted by atomic mass is 35.5. The molecular weight excluding hydrogens is 344 g/mol. The molecule has 0 aromatic heterocycles. The Hall–Kier alpha value is -1.83. The van der Waals surface area contributed by atoms with Crippen LogP contribution in [0.2, 0.25) is 0 Å². The van der Waals surface area contributed by atoms with E-state index in [-0.39, 0.29) is 30.3 Å². The van der Waals surface area contributed by atoms with Gasteiger partial charge in [0.15, 0.2) is 0 Å². The van der Waals surface area contributed by atoms with Crippen LogP contribution < -0.4 is 16.4 Å². The molecule has 7 nitrogen and oxygen atoms in total. The van der Waals surface area contributed by atoms with Gasteiger partial charge < -0.3 is 26.0 Å². The van der Waals surface area contributed by atoms with Crippen LogP contribution in [0.1, 0.15) is 18.4 Å². The Bertz CT molecular complexity index is 577. The molecular formula is C17H27ClN4O3. The van der Waals surface area contributed by atoms with Crippen LogP contribution >= 0.6 is 12.4 Å². The zero-order valence-electron chi connectivity index (χ0n) is 14.7. The first-order chi connectivity index (χ1) is 11.5. The fraction of sp³-hybridized carbons (Fsp3) is 0.529. The fourth-order valence-electron chi connectivity index (χ4n) is 2.59.